The highest BCUT2D eigenvalue weighted by molar-refractivity contribution is 5.96. The molecule has 1 aromatic heterocycles. The molecule has 0 spiro atoms. The topological polar surface area (TPSA) is 44.1 Å². The lowest BCUT2D eigenvalue weighted by Crippen LogP contribution is -2.12. The van der Waals surface area contributed by atoms with Crippen molar-refractivity contribution in [1.82, 2.24) is 9.78 Å². The Balaban J connectivity index is 1.68. The van der Waals surface area contributed by atoms with Crippen LogP contribution in [-0.2, 0) is 0 Å². The van der Waals surface area contributed by atoms with Gasteiger partial charge in [-0.15, -0.1) is 0 Å². The van der Waals surface area contributed by atoms with Crippen LogP contribution in [0, 0.1) is 20.8 Å². The molecule has 0 amide bonds. The lowest BCUT2D eigenvalue weighted by Gasteiger charge is -2.11. The van der Waals surface area contributed by atoms with E-state index in [-0.39, 0.29) is 0 Å². The van der Waals surface area contributed by atoms with E-state index >= 15 is 0 Å². The van der Waals surface area contributed by atoms with Gasteiger partial charge in [0.25, 0.3) is 0 Å². The maximum absolute atomic E-state index is 12.7. The van der Waals surface area contributed by atoms with Crippen LogP contribution in [0.3, 0.4) is 0 Å². The van der Waals surface area contributed by atoms with Crippen LogP contribution < -0.4 is 4.74 Å². The Morgan fingerprint density at radius 2 is 1.67 bits per heavy atom. The highest BCUT2D eigenvalue weighted by Gasteiger charge is 2.16. The van der Waals surface area contributed by atoms with E-state index in [2.05, 4.69) is 11.2 Å². The van der Waals surface area contributed by atoms with E-state index in [0.717, 1.165) is 27.7 Å². The molecule has 4 rings (SSSR count). The van der Waals surface area contributed by atoms with E-state index in [1.165, 1.54) is 5.56 Å². The molecule has 0 N–H and O–H groups in total. The van der Waals surface area contributed by atoms with Gasteiger partial charge in [0.15, 0.2) is 0 Å². The Labute approximate surface area is 158 Å². The number of hydrogen-bond donors (Lipinski definition) is 0. The van der Waals surface area contributed by atoms with Gasteiger partial charge in [-0.25, -0.2) is 9.48 Å². The number of carbonyl (C=O) groups is 1. The fourth-order valence-corrected chi connectivity index (χ4v) is 3.23. The van der Waals surface area contributed by atoms with Gasteiger partial charge in [-0.3, -0.25) is 0 Å². The predicted molar refractivity (Wildman–Crippen MR) is 107 cm³/mol. The van der Waals surface area contributed by atoms with Gasteiger partial charge in [0.1, 0.15) is 0 Å². The molecule has 3 aromatic carbocycles. The summed E-state index contributed by atoms with van der Waals surface area (Å²) in [6.45, 7) is 5.95. The number of aromatic nitrogens is 2. The summed E-state index contributed by atoms with van der Waals surface area (Å²) in [6.07, 6.45) is 0. The minimum absolute atomic E-state index is 0.397. The molecule has 4 aromatic rings. The van der Waals surface area contributed by atoms with Gasteiger partial charge in [0.2, 0.25) is 5.88 Å². The van der Waals surface area contributed by atoms with Crippen molar-refractivity contribution in [2.45, 2.75) is 20.8 Å². The van der Waals surface area contributed by atoms with Crippen molar-refractivity contribution in [3.8, 4) is 11.6 Å². The molecule has 0 atom stereocenters. The second-order valence-corrected chi connectivity index (χ2v) is 6.78. The number of hydrogen-bond acceptors (Lipinski definition) is 3. The van der Waals surface area contributed by atoms with E-state index < -0.39 is 5.97 Å². The molecule has 4 heteroatoms. The summed E-state index contributed by atoms with van der Waals surface area (Å²) < 4.78 is 7.39. The van der Waals surface area contributed by atoms with Gasteiger partial charge in [-0.2, -0.15) is 5.10 Å². The molecule has 0 unspecified atom stereocenters. The summed E-state index contributed by atoms with van der Waals surface area (Å²) in [5, 5.41) is 6.60. The van der Waals surface area contributed by atoms with Crippen molar-refractivity contribution in [2.24, 2.45) is 0 Å². The summed E-state index contributed by atoms with van der Waals surface area (Å²) >= 11 is 0. The molecular formula is C23H20N2O2. The average Bonchev–Trinajstić information content (AvgIpc) is 3.01. The second-order valence-electron chi connectivity index (χ2n) is 6.78. The van der Waals surface area contributed by atoms with E-state index in [0.29, 0.717) is 11.4 Å². The quantitative estimate of drug-likeness (QED) is 0.476. The van der Waals surface area contributed by atoms with Crippen LogP contribution in [0.1, 0.15) is 27.2 Å². The minimum atomic E-state index is -0.397. The molecule has 27 heavy (non-hydrogen) atoms. The fraction of sp³-hybridized carbons (Fsp3) is 0.130. The average molecular weight is 356 g/mol. The molecule has 0 saturated carbocycles. The zero-order valence-corrected chi connectivity index (χ0v) is 15.6. The highest BCUT2D eigenvalue weighted by Crippen LogP contribution is 2.24. The van der Waals surface area contributed by atoms with Gasteiger partial charge < -0.3 is 4.74 Å². The molecule has 134 valence electrons. The molecule has 0 aliphatic heterocycles. The Hall–Kier alpha value is -3.40. The maximum atomic E-state index is 12.7. The summed E-state index contributed by atoms with van der Waals surface area (Å²) in [6, 6.07) is 21.4. The van der Waals surface area contributed by atoms with Crippen LogP contribution in [0.15, 0.2) is 66.7 Å². The van der Waals surface area contributed by atoms with Gasteiger partial charge in [-0.1, -0.05) is 48.0 Å². The molecule has 1 heterocycles. The predicted octanol–water partition coefficient (Wildman–Crippen LogP) is 5.17. The number of ether oxygens (including phenoxy) is 1. The summed E-state index contributed by atoms with van der Waals surface area (Å²) in [7, 11) is 0. The van der Waals surface area contributed by atoms with Crippen molar-refractivity contribution in [1.29, 1.82) is 0 Å². The van der Waals surface area contributed by atoms with Gasteiger partial charge in [-0.05, 0) is 55.3 Å². The van der Waals surface area contributed by atoms with Crippen LogP contribution in [-0.4, -0.2) is 15.7 Å². The summed E-state index contributed by atoms with van der Waals surface area (Å²) in [4.78, 5) is 12.7. The van der Waals surface area contributed by atoms with Crippen molar-refractivity contribution in [3.05, 3.63) is 89.1 Å². The monoisotopic (exact) mass is 356 g/mol. The third kappa shape index (κ3) is 3.34. The first-order valence-electron chi connectivity index (χ1n) is 8.86. The molecule has 0 radical (unpaired) electrons. The van der Waals surface area contributed by atoms with E-state index in [1.807, 2.05) is 69.3 Å². The van der Waals surface area contributed by atoms with E-state index in [1.54, 1.807) is 16.8 Å². The first-order valence-corrected chi connectivity index (χ1v) is 8.86. The third-order valence-electron chi connectivity index (χ3n) is 4.56. The lowest BCUT2D eigenvalue weighted by molar-refractivity contribution is 0.0723. The molecule has 4 nitrogen and oxygen atoms in total. The maximum Gasteiger partial charge on any atom is 0.344 e. The highest BCUT2D eigenvalue weighted by atomic mass is 16.5. The van der Waals surface area contributed by atoms with E-state index in [4.69, 9.17) is 4.74 Å². The minimum Gasteiger partial charge on any atom is -0.404 e. The number of benzene rings is 3. The number of fused-ring (bicyclic) bond motifs is 1. The standard InChI is InChI=1S/C23H20N2O2/c1-15-8-11-21(16(2)12-15)25-22(13-17(3)24-25)27-23(26)20-10-9-18-6-4-5-7-19(18)14-20/h4-14H,1-3H3. The Morgan fingerprint density at radius 1 is 0.889 bits per heavy atom. The van der Waals surface area contributed by atoms with Crippen LogP contribution in [0.25, 0.3) is 16.5 Å². The Kier molecular flexibility index (Phi) is 4.24. The zero-order chi connectivity index (χ0) is 19.0. The smallest absolute Gasteiger partial charge is 0.344 e. The van der Waals surface area contributed by atoms with Crippen LogP contribution in [0.4, 0.5) is 0 Å². The number of carbonyl (C=O) groups excluding carboxylic acids is 1. The van der Waals surface area contributed by atoms with Crippen molar-refractivity contribution >= 4 is 16.7 Å². The Morgan fingerprint density at radius 3 is 2.44 bits per heavy atom. The fourth-order valence-electron chi connectivity index (χ4n) is 3.23. The number of esters is 1. The first kappa shape index (κ1) is 17.0. The van der Waals surface area contributed by atoms with Crippen molar-refractivity contribution < 1.29 is 9.53 Å². The molecule has 0 aliphatic carbocycles. The van der Waals surface area contributed by atoms with Crippen LogP contribution in [0.5, 0.6) is 5.88 Å². The number of rotatable bonds is 3. The molecular weight excluding hydrogens is 336 g/mol. The molecule has 0 saturated heterocycles. The van der Waals surface area contributed by atoms with Crippen LogP contribution >= 0.6 is 0 Å². The normalized spacial score (nSPS) is 10.9. The molecule has 0 fully saturated rings. The third-order valence-corrected chi connectivity index (χ3v) is 4.56. The zero-order valence-electron chi connectivity index (χ0n) is 15.6. The van der Waals surface area contributed by atoms with Crippen molar-refractivity contribution in [2.75, 3.05) is 0 Å². The first-order chi connectivity index (χ1) is 13.0. The van der Waals surface area contributed by atoms with Crippen LogP contribution in [0.2, 0.25) is 0 Å². The van der Waals surface area contributed by atoms with Gasteiger partial charge in [0.05, 0.1) is 16.9 Å². The second kappa shape index (κ2) is 6.72. The van der Waals surface area contributed by atoms with Crippen molar-refractivity contribution in [3.63, 3.8) is 0 Å². The largest absolute Gasteiger partial charge is 0.404 e. The molecule has 0 aliphatic rings. The number of aryl methyl sites for hydroxylation is 3. The number of nitrogens with zero attached hydrogens (tertiary/aromatic N) is 2. The van der Waals surface area contributed by atoms with Gasteiger partial charge >= 0.3 is 5.97 Å². The summed E-state index contributed by atoms with van der Waals surface area (Å²) in [5.74, 6) is 0.0179. The Bertz CT molecular complexity index is 1160. The van der Waals surface area contributed by atoms with Gasteiger partial charge in [0, 0.05) is 6.07 Å². The molecule has 0 bridgehead atoms. The summed E-state index contributed by atoms with van der Waals surface area (Å²) in [5.41, 5.74) is 4.45. The lowest BCUT2D eigenvalue weighted by atomic mass is 10.1. The SMILES string of the molecule is Cc1ccc(-n2nc(C)cc2OC(=O)c2ccc3ccccc3c2)c(C)c1. The van der Waals surface area contributed by atoms with E-state index in [9.17, 15) is 4.79 Å².